The first-order chi connectivity index (χ1) is 10.1. The van der Waals surface area contributed by atoms with Crippen LogP contribution in [0.15, 0.2) is 0 Å². The van der Waals surface area contributed by atoms with Crippen molar-refractivity contribution in [1.82, 2.24) is 5.32 Å². The Balaban J connectivity index is 1.60. The Hall–Kier alpha value is -1.06. The van der Waals surface area contributed by atoms with E-state index in [2.05, 4.69) is 5.32 Å². The van der Waals surface area contributed by atoms with E-state index in [0.717, 1.165) is 43.9 Å². The minimum atomic E-state index is -0.748. The van der Waals surface area contributed by atoms with Crippen LogP contribution in [0.2, 0.25) is 0 Å². The zero-order valence-electron chi connectivity index (χ0n) is 13.0. The number of hydrogen-bond acceptors (Lipinski definition) is 3. The molecule has 0 aromatic carbocycles. The zero-order chi connectivity index (χ0) is 14.9. The first-order valence-electron chi connectivity index (χ1n) is 8.52. The van der Waals surface area contributed by atoms with E-state index in [1.165, 1.54) is 32.8 Å². The number of carbonyl (C=O) groups is 2. The summed E-state index contributed by atoms with van der Waals surface area (Å²) in [5.41, 5.74) is -0.748. The van der Waals surface area contributed by atoms with Crippen LogP contribution in [0.4, 0.5) is 0 Å². The molecule has 4 nitrogen and oxygen atoms in total. The molecule has 118 valence electrons. The third-order valence-electron chi connectivity index (χ3n) is 5.99. The van der Waals surface area contributed by atoms with Gasteiger partial charge in [0.25, 0.3) is 0 Å². The summed E-state index contributed by atoms with van der Waals surface area (Å²) in [6, 6.07) is 0. The summed E-state index contributed by atoms with van der Waals surface area (Å²) in [5.74, 6) is 1.95. The van der Waals surface area contributed by atoms with Gasteiger partial charge in [0, 0.05) is 6.42 Å². The molecule has 3 saturated carbocycles. The van der Waals surface area contributed by atoms with Gasteiger partial charge in [0.05, 0.1) is 7.11 Å². The van der Waals surface area contributed by atoms with Gasteiger partial charge >= 0.3 is 5.97 Å². The number of esters is 1. The molecular weight excluding hydrogens is 266 g/mol. The lowest BCUT2D eigenvalue weighted by Gasteiger charge is -2.35. The first kappa shape index (κ1) is 14.9. The molecule has 3 aliphatic carbocycles. The van der Waals surface area contributed by atoms with Gasteiger partial charge in [0.2, 0.25) is 5.91 Å². The molecule has 3 rings (SSSR count). The maximum atomic E-state index is 12.5. The van der Waals surface area contributed by atoms with E-state index >= 15 is 0 Å². The molecule has 3 unspecified atom stereocenters. The maximum absolute atomic E-state index is 12.5. The lowest BCUT2D eigenvalue weighted by molar-refractivity contribution is -0.152. The van der Waals surface area contributed by atoms with Gasteiger partial charge in [-0.05, 0) is 49.9 Å². The van der Waals surface area contributed by atoms with Gasteiger partial charge in [-0.3, -0.25) is 4.79 Å². The molecule has 1 N–H and O–H groups in total. The predicted molar refractivity (Wildman–Crippen MR) is 79.5 cm³/mol. The van der Waals surface area contributed by atoms with Gasteiger partial charge in [-0.25, -0.2) is 4.79 Å². The van der Waals surface area contributed by atoms with Crippen LogP contribution >= 0.6 is 0 Å². The van der Waals surface area contributed by atoms with E-state index in [-0.39, 0.29) is 11.9 Å². The summed E-state index contributed by atoms with van der Waals surface area (Å²) in [6.07, 6.45) is 10.3. The second kappa shape index (κ2) is 5.98. The van der Waals surface area contributed by atoms with Gasteiger partial charge < -0.3 is 10.1 Å². The quantitative estimate of drug-likeness (QED) is 0.811. The van der Waals surface area contributed by atoms with Crippen LogP contribution in [0, 0.1) is 17.8 Å². The lowest BCUT2D eigenvalue weighted by atomic mass is 9.80. The predicted octanol–water partition coefficient (Wildman–Crippen LogP) is 2.80. The molecule has 0 radical (unpaired) electrons. The van der Waals surface area contributed by atoms with Gasteiger partial charge in [-0.1, -0.05) is 25.7 Å². The third kappa shape index (κ3) is 2.95. The average Bonchev–Trinajstić information content (AvgIpc) is 3.09. The summed E-state index contributed by atoms with van der Waals surface area (Å²) >= 11 is 0. The third-order valence-corrected chi connectivity index (χ3v) is 5.99. The second-order valence-corrected chi connectivity index (χ2v) is 7.32. The average molecular weight is 293 g/mol. The van der Waals surface area contributed by atoms with E-state index in [1.54, 1.807) is 0 Å². The van der Waals surface area contributed by atoms with Crippen molar-refractivity contribution >= 4 is 11.9 Å². The fourth-order valence-corrected chi connectivity index (χ4v) is 4.91. The molecule has 0 heterocycles. The zero-order valence-corrected chi connectivity index (χ0v) is 13.0. The van der Waals surface area contributed by atoms with Crippen LogP contribution in [0.5, 0.6) is 0 Å². The van der Waals surface area contributed by atoms with Crippen molar-refractivity contribution < 1.29 is 14.3 Å². The Bertz CT molecular complexity index is 414. The first-order valence-corrected chi connectivity index (χ1v) is 8.52. The number of methoxy groups -OCH3 is 1. The molecule has 0 aliphatic heterocycles. The van der Waals surface area contributed by atoms with Crippen LogP contribution < -0.4 is 5.32 Å². The summed E-state index contributed by atoms with van der Waals surface area (Å²) in [5, 5.41) is 3.06. The van der Waals surface area contributed by atoms with Crippen molar-refractivity contribution in [1.29, 1.82) is 0 Å². The Morgan fingerprint density at radius 2 is 1.90 bits per heavy atom. The van der Waals surface area contributed by atoms with Crippen LogP contribution in [0.25, 0.3) is 0 Å². The van der Waals surface area contributed by atoms with Gasteiger partial charge in [-0.2, -0.15) is 0 Å². The maximum Gasteiger partial charge on any atom is 0.331 e. The van der Waals surface area contributed by atoms with E-state index in [1.807, 2.05) is 0 Å². The number of nitrogens with one attached hydrogen (secondary N) is 1. The summed E-state index contributed by atoms with van der Waals surface area (Å²) in [4.78, 5) is 24.6. The van der Waals surface area contributed by atoms with Crippen molar-refractivity contribution in [3.05, 3.63) is 0 Å². The van der Waals surface area contributed by atoms with E-state index in [9.17, 15) is 9.59 Å². The molecule has 0 spiro atoms. The smallest absolute Gasteiger partial charge is 0.331 e. The molecule has 0 aromatic rings. The summed E-state index contributed by atoms with van der Waals surface area (Å²) in [7, 11) is 1.42. The van der Waals surface area contributed by atoms with E-state index in [4.69, 9.17) is 4.74 Å². The largest absolute Gasteiger partial charge is 0.467 e. The number of fused-ring (bicyclic) bond motifs is 2. The molecule has 0 saturated heterocycles. The highest BCUT2D eigenvalue weighted by molar-refractivity contribution is 5.88. The summed E-state index contributed by atoms with van der Waals surface area (Å²) < 4.78 is 4.96. The standard InChI is InChI=1S/C17H27NO3/c1-21-16(20)17(7-3-2-4-8-17)18-15(19)11-14-10-12-5-6-13(14)9-12/h12-14H,2-11H2,1H3,(H,18,19). The number of amides is 1. The van der Waals surface area contributed by atoms with Crippen LogP contribution in [0.3, 0.4) is 0 Å². The molecule has 2 bridgehead atoms. The number of rotatable bonds is 4. The Kier molecular flexibility index (Phi) is 4.23. The van der Waals surface area contributed by atoms with Gasteiger partial charge in [-0.15, -0.1) is 0 Å². The molecule has 21 heavy (non-hydrogen) atoms. The number of carbonyl (C=O) groups excluding carboxylic acids is 2. The Labute approximate surface area is 127 Å². The normalized spacial score (nSPS) is 33.7. The fraction of sp³-hybridized carbons (Fsp3) is 0.882. The minimum Gasteiger partial charge on any atom is -0.467 e. The molecule has 3 aliphatic rings. The Morgan fingerprint density at radius 3 is 2.48 bits per heavy atom. The van der Waals surface area contributed by atoms with E-state index < -0.39 is 5.54 Å². The topological polar surface area (TPSA) is 55.4 Å². The molecule has 0 aromatic heterocycles. The Morgan fingerprint density at radius 1 is 1.14 bits per heavy atom. The van der Waals surface area contributed by atoms with Gasteiger partial charge in [0.15, 0.2) is 0 Å². The number of hydrogen-bond donors (Lipinski definition) is 1. The molecule has 4 heteroatoms. The summed E-state index contributed by atoms with van der Waals surface area (Å²) in [6.45, 7) is 0. The number of ether oxygens (including phenoxy) is 1. The van der Waals surface area contributed by atoms with Gasteiger partial charge in [0.1, 0.15) is 5.54 Å². The van der Waals surface area contributed by atoms with Crippen molar-refractivity contribution in [2.45, 2.75) is 69.7 Å². The highest BCUT2D eigenvalue weighted by atomic mass is 16.5. The molecule has 1 amide bonds. The highest BCUT2D eigenvalue weighted by Gasteiger charge is 2.44. The minimum absolute atomic E-state index is 0.0554. The van der Waals surface area contributed by atoms with Crippen molar-refractivity contribution in [2.75, 3.05) is 7.11 Å². The van der Waals surface area contributed by atoms with Crippen LogP contribution in [-0.2, 0) is 14.3 Å². The highest BCUT2D eigenvalue weighted by Crippen LogP contribution is 2.49. The van der Waals surface area contributed by atoms with Crippen molar-refractivity contribution in [2.24, 2.45) is 17.8 Å². The van der Waals surface area contributed by atoms with Crippen molar-refractivity contribution in [3.63, 3.8) is 0 Å². The van der Waals surface area contributed by atoms with Crippen LogP contribution in [0.1, 0.15) is 64.2 Å². The monoisotopic (exact) mass is 293 g/mol. The van der Waals surface area contributed by atoms with E-state index in [0.29, 0.717) is 12.3 Å². The van der Waals surface area contributed by atoms with Crippen LogP contribution in [-0.4, -0.2) is 24.5 Å². The molecule has 3 fully saturated rings. The molecule has 3 atom stereocenters. The SMILES string of the molecule is COC(=O)C1(NC(=O)CC2CC3CCC2C3)CCCCC1. The molecular formula is C17H27NO3. The lowest BCUT2D eigenvalue weighted by Crippen LogP contribution is -2.56. The second-order valence-electron chi connectivity index (χ2n) is 7.32. The fourth-order valence-electron chi connectivity index (χ4n) is 4.91. The van der Waals surface area contributed by atoms with Crippen molar-refractivity contribution in [3.8, 4) is 0 Å².